The molecule has 1 aliphatic rings. The minimum atomic E-state index is -0.309. The van der Waals surface area contributed by atoms with Gasteiger partial charge in [0.15, 0.2) is 0 Å². The minimum absolute atomic E-state index is 0.0441. The van der Waals surface area contributed by atoms with E-state index in [-0.39, 0.29) is 11.7 Å². The Morgan fingerprint density at radius 3 is 2.71 bits per heavy atom. The molecule has 0 N–H and O–H groups in total. The molecular formula is C15H16ClFN2OS. The van der Waals surface area contributed by atoms with Crippen LogP contribution in [0.25, 0.3) is 10.1 Å². The van der Waals surface area contributed by atoms with Crippen LogP contribution in [0.3, 0.4) is 0 Å². The molecule has 0 atom stereocenters. The number of carbonyl (C=O) groups is 1. The molecule has 2 aromatic rings. The SMILES string of the molecule is CCN1CCN(C(=O)c2sc3cc(F)ccc3c2Cl)CC1. The Labute approximate surface area is 131 Å². The lowest BCUT2D eigenvalue weighted by molar-refractivity contribution is 0.0648. The molecule has 1 aromatic carbocycles. The fraction of sp³-hybridized carbons (Fsp3) is 0.400. The van der Waals surface area contributed by atoms with Crippen LogP contribution in [0.5, 0.6) is 0 Å². The number of rotatable bonds is 2. The van der Waals surface area contributed by atoms with Crippen LogP contribution in [-0.2, 0) is 0 Å². The van der Waals surface area contributed by atoms with Crippen molar-refractivity contribution >= 4 is 38.9 Å². The molecule has 1 saturated heterocycles. The van der Waals surface area contributed by atoms with Gasteiger partial charge in [-0.25, -0.2) is 4.39 Å². The summed E-state index contributed by atoms with van der Waals surface area (Å²) in [6, 6.07) is 4.43. The average Bonchev–Trinajstić information content (AvgIpc) is 2.83. The van der Waals surface area contributed by atoms with E-state index >= 15 is 0 Å². The highest BCUT2D eigenvalue weighted by Gasteiger charge is 2.25. The third-order valence-corrected chi connectivity index (χ3v) is 5.54. The van der Waals surface area contributed by atoms with E-state index in [0.717, 1.165) is 29.7 Å². The summed E-state index contributed by atoms with van der Waals surface area (Å²) < 4.78 is 14.0. The van der Waals surface area contributed by atoms with Gasteiger partial charge >= 0.3 is 0 Å². The van der Waals surface area contributed by atoms with Crippen LogP contribution >= 0.6 is 22.9 Å². The van der Waals surface area contributed by atoms with Crippen molar-refractivity contribution in [3.63, 3.8) is 0 Å². The zero-order valence-electron chi connectivity index (χ0n) is 11.7. The van der Waals surface area contributed by atoms with Crippen LogP contribution in [0.4, 0.5) is 4.39 Å². The van der Waals surface area contributed by atoms with Crippen LogP contribution in [0.15, 0.2) is 18.2 Å². The summed E-state index contributed by atoms with van der Waals surface area (Å²) in [6.45, 7) is 6.33. The zero-order chi connectivity index (χ0) is 15.0. The summed E-state index contributed by atoms with van der Waals surface area (Å²) in [5, 5.41) is 1.19. The van der Waals surface area contributed by atoms with Crippen LogP contribution < -0.4 is 0 Å². The standard InChI is InChI=1S/C15H16ClFN2OS/c1-2-18-5-7-19(8-6-18)15(20)14-13(16)11-4-3-10(17)9-12(11)21-14/h3-4,9H,2,5-8H2,1H3. The Balaban J connectivity index is 1.86. The first-order valence-electron chi connectivity index (χ1n) is 6.99. The van der Waals surface area contributed by atoms with Gasteiger partial charge in [-0.3, -0.25) is 4.79 Å². The van der Waals surface area contributed by atoms with E-state index in [1.54, 1.807) is 6.07 Å². The van der Waals surface area contributed by atoms with Crippen LogP contribution in [0, 0.1) is 5.82 Å². The van der Waals surface area contributed by atoms with Gasteiger partial charge in [0.25, 0.3) is 5.91 Å². The number of benzene rings is 1. The molecule has 1 fully saturated rings. The molecular weight excluding hydrogens is 311 g/mol. The van der Waals surface area contributed by atoms with Crippen molar-refractivity contribution in [3.8, 4) is 0 Å². The van der Waals surface area contributed by atoms with Crippen molar-refractivity contribution < 1.29 is 9.18 Å². The predicted molar refractivity (Wildman–Crippen MR) is 84.8 cm³/mol. The fourth-order valence-corrected chi connectivity index (χ4v) is 4.09. The fourth-order valence-electron chi connectivity index (χ4n) is 2.59. The maximum Gasteiger partial charge on any atom is 0.265 e. The van der Waals surface area contributed by atoms with Crippen LogP contribution in [0.2, 0.25) is 5.02 Å². The van der Waals surface area contributed by atoms with Gasteiger partial charge in [0.05, 0.1) is 5.02 Å². The smallest absolute Gasteiger partial charge is 0.265 e. The third-order valence-electron chi connectivity index (χ3n) is 3.89. The van der Waals surface area contributed by atoms with Gasteiger partial charge < -0.3 is 9.80 Å². The van der Waals surface area contributed by atoms with E-state index in [4.69, 9.17) is 11.6 Å². The number of hydrogen-bond acceptors (Lipinski definition) is 3. The summed E-state index contributed by atoms with van der Waals surface area (Å²) in [5.74, 6) is -0.353. The van der Waals surface area contributed by atoms with Gasteiger partial charge in [-0.15, -0.1) is 11.3 Å². The molecule has 1 aliphatic heterocycles. The van der Waals surface area contributed by atoms with Crippen molar-refractivity contribution in [2.24, 2.45) is 0 Å². The average molecular weight is 327 g/mol. The molecule has 6 heteroatoms. The molecule has 0 aliphatic carbocycles. The van der Waals surface area contributed by atoms with Crippen LogP contribution in [-0.4, -0.2) is 48.4 Å². The number of halogens is 2. The molecule has 3 rings (SSSR count). The van der Waals surface area contributed by atoms with Crippen molar-refractivity contribution in [2.45, 2.75) is 6.92 Å². The van der Waals surface area contributed by atoms with Crippen molar-refractivity contribution in [2.75, 3.05) is 32.7 Å². The molecule has 0 saturated carbocycles. The highest BCUT2D eigenvalue weighted by Crippen LogP contribution is 2.36. The van der Waals surface area contributed by atoms with Gasteiger partial charge in [-0.05, 0) is 24.7 Å². The lowest BCUT2D eigenvalue weighted by Gasteiger charge is -2.33. The summed E-state index contributed by atoms with van der Waals surface area (Å²) >= 11 is 7.58. The van der Waals surface area contributed by atoms with E-state index in [0.29, 0.717) is 23.0 Å². The Kier molecular flexibility index (Phi) is 4.15. The largest absolute Gasteiger partial charge is 0.335 e. The molecule has 1 amide bonds. The molecule has 3 nitrogen and oxygen atoms in total. The number of likely N-dealkylation sites (N-methyl/N-ethyl adjacent to an activating group) is 1. The van der Waals surface area contributed by atoms with E-state index < -0.39 is 0 Å². The first kappa shape index (κ1) is 14.8. The first-order valence-corrected chi connectivity index (χ1v) is 8.18. The molecule has 0 bridgehead atoms. The van der Waals surface area contributed by atoms with E-state index in [1.807, 2.05) is 4.90 Å². The number of nitrogens with zero attached hydrogens (tertiary/aromatic N) is 2. The summed E-state index contributed by atoms with van der Waals surface area (Å²) in [4.78, 5) is 17.3. The number of piperazine rings is 1. The highest BCUT2D eigenvalue weighted by molar-refractivity contribution is 7.21. The minimum Gasteiger partial charge on any atom is -0.335 e. The van der Waals surface area contributed by atoms with E-state index in [2.05, 4.69) is 11.8 Å². The number of hydrogen-bond donors (Lipinski definition) is 0. The Bertz CT molecular complexity index is 680. The second-order valence-corrected chi connectivity index (χ2v) is 6.54. The van der Waals surface area contributed by atoms with Gasteiger partial charge in [0.2, 0.25) is 0 Å². The molecule has 112 valence electrons. The Morgan fingerprint density at radius 1 is 1.33 bits per heavy atom. The zero-order valence-corrected chi connectivity index (χ0v) is 13.3. The summed E-state index contributed by atoms with van der Waals surface area (Å²) in [6.07, 6.45) is 0. The number of fused-ring (bicyclic) bond motifs is 1. The number of thiophene rings is 1. The second-order valence-electron chi connectivity index (χ2n) is 5.11. The number of amides is 1. The molecule has 0 unspecified atom stereocenters. The van der Waals surface area contributed by atoms with Gasteiger partial charge in [0.1, 0.15) is 10.7 Å². The van der Waals surface area contributed by atoms with Gasteiger partial charge in [-0.1, -0.05) is 18.5 Å². The quantitative estimate of drug-likeness (QED) is 0.843. The topological polar surface area (TPSA) is 23.6 Å². The maximum atomic E-state index is 13.3. The van der Waals surface area contributed by atoms with Crippen molar-refractivity contribution in [1.82, 2.24) is 9.80 Å². The van der Waals surface area contributed by atoms with E-state index in [1.165, 1.54) is 23.5 Å². The van der Waals surface area contributed by atoms with E-state index in [9.17, 15) is 9.18 Å². The first-order chi connectivity index (χ1) is 10.1. The second kappa shape index (κ2) is 5.91. The molecule has 2 heterocycles. The molecule has 21 heavy (non-hydrogen) atoms. The third kappa shape index (κ3) is 2.78. The Morgan fingerprint density at radius 2 is 2.05 bits per heavy atom. The van der Waals surface area contributed by atoms with Gasteiger partial charge in [-0.2, -0.15) is 0 Å². The number of carbonyl (C=O) groups excluding carboxylic acids is 1. The lowest BCUT2D eigenvalue weighted by atomic mass is 10.2. The molecule has 0 spiro atoms. The van der Waals surface area contributed by atoms with Gasteiger partial charge in [0, 0.05) is 36.3 Å². The van der Waals surface area contributed by atoms with Crippen LogP contribution in [0.1, 0.15) is 16.6 Å². The van der Waals surface area contributed by atoms with Crippen molar-refractivity contribution in [1.29, 1.82) is 0 Å². The normalized spacial score (nSPS) is 16.6. The lowest BCUT2D eigenvalue weighted by Crippen LogP contribution is -2.48. The summed E-state index contributed by atoms with van der Waals surface area (Å²) in [5.41, 5.74) is 0. The monoisotopic (exact) mass is 326 g/mol. The van der Waals surface area contributed by atoms with Crippen molar-refractivity contribution in [3.05, 3.63) is 33.9 Å². The summed E-state index contributed by atoms with van der Waals surface area (Å²) in [7, 11) is 0. The highest BCUT2D eigenvalue weighted by atomic mass is 35.5. The maximum absolute atomic E-state index is 13.3. The molecule has 1 aromatic heterocycles. The Hall–Kier alpha value is -1.17. The molecule has 0 radical (unpaired) electrons. The predicted octanol–water partition coefficient (Wildman–Crippen LogP) is 3.47.